The number of amides is 1. The number of rotatable bonds is 7. The predicted molar refractivity (Wildman–Crippen MR) is 81.9 cm³/mol. The molecule has 0 unspecified atom stereocenters. The van der Waals surface area contributed by atoms with Crippen LogP contribution in [0.3, 0.4) is 0 Å². The van der Waals surface area contributed by atoms with Crippen molar-refractivity contribution in [3.63, 3.8) is 0 Å². The van der Waals surface area contributed by atoms with Crippen molar-refractivity contribution in [2.24, 2.45) is 5.73 Å². The molecule has 0 atom stereocenters. The van der Waals surface area contributed by atoms with E-state index in [4.69, 9.17) is 17.3 Å². The lowest BCUT2D eigenvalue weighted by atomic mass is 10.2. The summed E-state index contributed by atoms with van der Waals surface area (Å²) in [5.74, 6) is -2.76. The monoisotopic (exact) mass is 344 g/mol. The molecule has 0 radical (unpaired) electrons. The Kier molecular flexibility index (Phi) is 9.13. The van der Waals surface area contributed by atoms with E-state index in [2.05, 4.69) is 5.32 Å². The zero-order valence-corrected chi connectivity index (χ0v) is 13.0. The van der Waals surface area contributed by atoms with E-state index < -0.39 is 24.9 Å². The van der Waals surface area contributed by atoms with Crippen LogP contribution >= 0.6 is 35.8 Å². The van der Waals surface area contributed by atoms with Gasteiger partial charge in [-0.15, -0.1) is 24.2 Å². The highest BCUT2D eigenvalue weighted by atomic mass is 35.5. The first-order chi connectivity index (χ1) is 8.93. The fourth-order valence-corrected chi connectivity index (χ4v) is 2.26. The first-order valence-corrected chi connectivity index (χ1v) is 7.13. The van der Waals surface area contributed by atoms with Gasteiger partial charge in [0.25, 0.3) is 5.92 Å². The Hall–Kier alpha value is -0.560. The summed E-state index contributed by atoms with van der Waals surface area (Å²) in [6.45, 7) is -1.50. The fourth-order valence-electron chi connectivity index (χ4n) is 1.24. The third-order valence-electron chi connectivity index (χ3n) is 2.23. The van der Waals surface area contributed by atoms with Crippen LogP contribution in [0.2, 0.25) is 5.02 Å². The third-order valence-corrected chi connectivity index (χ3v) is 3.47. The molecule has 8 heteroatoms. The van der Waals surface area contributed by atoms with Gasteiger partial charge in [-0.05, 0) is 17.7 Å². The summed E-state index contributed by atoms with van der Waals surface area (Å²) in [4.78, 5) is 11.3. The Balaban J connectivity index is 0.00000361. The van der Waals surface area contributed by atoms with E-state index in [1.165, 1.54) is 11.8 Å². The highest BCUT2D eigenvalue weighted by Crippen LogP contribution is 2.16. The second-order valence-electron chi connectivity index (χ2n) is 3.96. The summed E-state index contributed by atoms with van der Waals surface area (Å²) in [7, 11) is 0. The van der Waals surface area contributed by atoms with Gasteiger partial charge in [-0.25, -0.2) is 8.78 Å². The minimum atomic E-state index is -3.05. The van der Waals surface area contributed by atoms with Crippen LogP contribution in [0.15, 0.2) is 24.3 Å². The Morgan fingerprint density at radius 3 is 2.75 bits per heavy atom. The molecule has 0 saturated heterocycles. The smallest absolute Gasteiger partial charge is 0.277 e. The van der Waals surface area contributed by atoms with Crippen LogP contribution in [0.4, 0.5) is 8.78 Å². The largest absolute Gasteiger partial charge is 0.349 e. The van der Waals surface area contributed by atoms with Crippen molar-refractivity contribution in [3.8, 4) is 0 Å². The predicted octanol–water partition coefficient (Wildman–Crippen LogP) is 2.71. The first-order valence-electron chi connectivity index (χ1n) is 5.60. The van der Waals surface area contributed by atoms with E-state index in [9.17, 15) is 13.6 Å². The number of thioether (sulfide) groups is 1. The molecule has 1 aromatic carbocycles. The van der Waals surface area contributed by atoms with Gasteiger partial charge in [0, 0.05) is 10.8 Å². The number of carbonyl (C=O) groups excluding carboxylic acids is 1. The van der Waals surface area contributed by atoms with Crippen molar-refractivity contribution in [1.29, 1.82) is 0 Å². The van der Waals surface area contributed by atoms with Gasteiger partial charge in [-0.3, -0.25) is 4.79 Å². The summed E-state index contributed by atoms with van der Waals surface area (Å²) >= 11 is 7.15. The molecule has 0 aromatic heterocycles. The van der Waals surface area contributed by atoms with E-state index in [-0.39, 0.29) is 18.2 Å². The van der Waals surface area contributed by atoms with Crippen LogP contribution in [0.5, 0.6) is 0 Å². The molecule has 0 aliphatic heterocycles. The van der Waals surface area contributed by atoms with Crippen molar-refractivity contribution < 1.29 is 13.6 Å². The molecule has 114 valence electrons. The molecular formula is C12H16Cl2F2N2OS. The van der Waals surface area contributed by atoms with Crippen molar-refractivity contribution in [2.75, 3.05) is 18.8 Å². The van der Waals surface area contributed by atoms with E-state index in [1.807, 2.05) is 12.1 Å². The quantitative estimate of drug-likeness (QED) is 0.799. The molecule has 0 aliphatic carbocycles. The lowest BCUT2D eigenvalue weighted by molar-refractivity contribution is -0.120. The van der Waals surface area contributed by atoms with Crippen molar-refractivity contribution in [1.82, 2.24) is 5.32 Å². The summed E-state index contributed by atoms with van der Waals surface area (Å²) in [5.41, 5.74) is 5.85. The maximum Gasteiger partial charge on any atom is 0.277 e. The Morgan fingerprint density at radius 1 is 1.45 bits per heavy atom. The number of nitrogens with two attached hydrogens (primary N) is 1. The maximum absolute atomic E-state index is 12.8. The maximum atomic E-state index is 12.8. The second kappa shape index (κ2) is 9.39. The Morgan fingerprint density at radius 2 is 2.15 bits per heavy atom. The lowest BCUT2D eigenvalue weighted by Crippen LogP contribution is -2.42. The molecule has 0 saturated carbocycles. The van der Waals surface area contributed by atoms with Crippen molar-refractivity contribution >= 4 is 41.7 Å². The van der Waals surface area contributed by atoms with Gasteiger partial charge in [0.1, 0.15) is 0 Å². The Bertz CT molecular complexity index is 436. The molecule has 3 N–H and O–H groups in total. The molecule has 0 fully saturated rings. The SMILES string of the molecule is Cl.NCC(F)(F)CNC(=O)CSCc1cccc(Cl)c1. The summed E-state index contributed by atoms with van der Waals surface area (Å²) in [5, 5.41) is 2.79. The van der Waals surface area contributed by atoms with Crippen LogP contribution in [0.1, 0.15) is 5.56 Å². The van der Waals surface area contributed by atoms with Crippen LogP contribution in [0.25, 0.3) is 0 Å². The van der Waals surface area contributed by atoms with Gasteiger partial charge in [0.2, 0.25) is 5.91 Å². The Labute approximate surface area is 132 Å². The number of hydrogen-bond donors (Lipinski definition) is 2. The molecule has 3 nitrogen and oxygen atoms in total. The summed E-state index contributed by atoms with van der Waals surface area (Å²) in [6, 6.07) is 7.27. The first kappa shape index (κ1) is 19.4. The standard InChI is InChI=1S/C12H15ClF2N2OS.ClH/c13-10-3-1-2-9(4-10)5-19-6-11(18)17-8-12(14,15)7-16;/h1-4H,5-8,16H2,(H,17,18);1H. The molecule has 20 heavy (non-hydrogen) atoms. The lowest BCUT2D eigenvalue weighted by Gasteiger charge is -2.14. The molecule has 1 amide bonds. The number of benzene rings is 1. The zero-order chi connectivity index (χ0) is 14.3. The van der Waals surface area contributed by atoms with Crippen LogP contribution < -0.4 is 11.1 Å². The number of carbonyl (C=O) groups is 1. The van der Waals surface area contributed by atoms with Crippen LogP contribution in [-0.2, 0) is 10.5 Å². The molecule has 0 bridgehead atoms. The summed E-state index contributed by atoms with van der Waals surface area (Å²) < 4.78 is 25.6. The molecule has 1 rings (SSSR count). The minimum Gasteiger partial charge on any atom is -0.349 e. The van der Waals surface area contributed by atoms with Gasteiger partial charge in [0.15, 0.2) is 0 Å². The second-order valence-corrected chi connectivity index (χ2v) is 5.38. The fraction of sp³-hybridized carbons (Fsp3) is 0.417. The molecule has 0 aliphatic rings. The minimum absolute atomic E-state index is 0. The molecule has 0 heterocycles. The van der Waals surface area contributed by atoms with E-state index in [1.54, 1.807) is 12.1 Å². The zero-order valence-electron chi connectivity index (χ0n) is 10.6. The highest BCUT2D eigenvalue weighted by Gasteiger charge is 2.26. The van der Waals surface area contributed by atoms with Gasteiger partial charge >= 0.3 is 0 Å². The molecular weight excluding hydrogens is 329 g/mol. The van der Waals surface area contributed by atoms with Crippen molar-refractivity contribution in [3.05, 3.63) is 34.9 Å². The normalized spacial score (nSPS) is 10.8. The van der Waals surface area contributed by atoms with E-state index in [0.717, 1.165) is 5.56 Å². The van der Waals surface area contributed by atoms with E-state index >= 15 is 0 Å². The summed E-state index contributed by atoms with van der Waals surface area (Å²) in [6.07, 6.45) is 0. The van der Waals surface area contributed by atoms with Crippen LogP contribution in [0, 0.1) is 0 Å². The van der Waals surface area contributed by atoms with Crippen LogP contribution in [-0.4, -0.2) is 30.7 Å². The topological polar surface area (TPSA) is 55.1 Å². The molecule has 0 spiro atoms. The molecule has 1 aromatic rings. The highest BCUT2D eigenvalue weighted by molar-refractivity contribution is 7.99. The third kappa shape index (κ3) is 7.89. The van der Waals surface area contributed by atoms with E-state index in [0.29, 0.717) is 10.8 Å². The number of halogens is 4. The average molecular weight is 345 g/mol. The number of alkyl halides is 2. The van der Waals surface area contributed by atoms with Gasteiger partial charge in [0.05, 0.1) is 18.8 Å². The average Bonchev–Trinajstić information content (AvgIpc) is 2.37. The number of nitrogens with one attached hydrogen (secondary N) is 1. The van der Waals surface area contributed by atoms with Crippen molar-refractivity contribution in [2.45, 2.75) is 11.7 Å². The van der Waals surface area contributed by atoms with Gasteiger partial charge in [-0.1, -0.05) is 23.7 Å². The van der Waals surface area contributed by atoms with Gasteiger partial charge < -0.3 is 11.1 Å². The number of hydrogen-bond acceptors (Lipinski definition) is 3. The van der Waals surface area contributed by atoms with Gasteiger partial charge in [-0.2, -0.15) is 0 Å².